The van der Waals surface area contributed by atoms with E-state index in [1.807, 2.05) is 18.2 Å². The van der Waals surface area contributed by atoms with E-state index in [9.17, 15) is 33.8 Å². The van der Waals surface area contributed by atoms with Gasteiger partial charge in [-0.2, -0.15) is 0 Å². The summed E-state index contributed by atoms with van der Waals surface area (Å²) in [6, 6.07) is 16.0. The van der Waals surface area contributed by atoms with E-state index < -0.39 is 41.4 Å². The van der Waals surface area contributed by atoms with Gasteiger partial charge in [0.25, 0.3) is 17.7 Å². The molecule has 0 spiro atoms. The Morgan fingerprint density at radius 1 is 0.985 bits per heavy atom. The molecule has 0 radical (unpaired) electrons. The maximum absolute atomic E-state index is 13.9. The number of nitrogens with zero attached hydrogens (tertiary/aromatic N) is 5. The minimum Gasteiger partial charge on any atom is -0.496 e. The number of hydrogen-bond donors (Lipinski definition) is 6. The number of aromatic nitrogens is 2. The van der Waals surface area contributed by atoms with Gasteiger partial charge in [-0.3, -0.25) is 44.5 Å². The van der Waals surface area contributed by atoms with Crippen LogP contribution >= 0.6 is 0 Å². The third-order valence-corrected chi connectivity index (χ3v) is 13.7. The molecule has 352 valence electrons. The molecular weight excluding hydrogens is 858 g/mol. The van der Waals surface area contributed by atoms with Gasteiger partial charge < -0.3 is 31.3 Å². The standard InChI is InChI=1S/C49H58FN11O6/c1-5-16-49(2,3)39(57-44-41(43(52)55-27-56-44)42(51)29-8-6-28(7-9-29)25-54-45(63)36-21-30(50)10-14-38(36)67-4)26-53-31-22-33(23-31)60-19-17-59(18-20-60)32-11-12-34-35(24-32)48(66)61(47(34)65)37-13-15-40(62)58-46(37)64/h6-12,14,21,24,27,31,33,37,39,51,53H,5,13,15-20,22-23,25-26H2,1-4H3,(H,54,63)(H,58,62,64)(H3,52,55,56,57). The molecule has 2 atom stereocenters. The molecule has 2 saturated heterocycles. The molecule has 3 aromatic carbocycles. The van der Waals surface area contributed by atoms with Crippen molar-refractivity contribution in [1.29, 1.82) is 5.41 Å². The quantitative estimate of drug-likeness (QED) is 0.0635. The van der Waals surface area contributed by atoms with Crippen LogP contribution in [0.1, 0.15) is 107 Å². The molecule has 3 fully saturated rings. The van der Waals surface area contributed by atoms with Crippen LogP contribution in [0.3, 0.4) is 0 Å². The van der Waals surface area contributed by atoms with Gasteiger partial charge in [-0.25, -0.2) is 14.4 Å². The van der Waals surface area contributed by atoms with E-state index in [1.54, 1.807) is 24.3 Å². The molecule has 4 aromatic rings. The second-order valence-electron chi connectivity index (χ2n) is 18.4. The number of piperazine rings is 1. The second kappa shape index (κ2) is 19.6. The molecule has 5 amide bonds. The Labute approximate surface area is 388 Å². The normalized spacial score (nSPS) is 20.2. The van der Waals surface area contributed by atoms with Crippen LogP contribution in [-0.2, 0) is 16.1 Å². The smallest absolute Gasteiger partial charge is 0.262 e. The van der Waals surface area contributed by atoms with Crippen LogP contribution < -0.4 is 36.6 Å². The third-order valence-electron chi connectivity index (χ3n) is 13.7. The lowest BCUT2D eigenvalue weighted by atomic mass is 9.79. The van der Waals surface area contributed by atoms with Crippen LogP contribution in [0.5, 0.6) is 5.75 Å². The van der Waals surface area contributed by atoms with Crippen molar-refractivity contribution in [2.24, 2.45) is 5.41 Å². The van der Waals surface area contributed by atoms with Crippen molar-refractivity contribution >= 4 is 52.6 Å². The first-order chi connectivity index (χ1) is 32.1. The number of fused-ring (bicyclic) bond motifs is 1. The van der Waals surface area contributed by atoms with E-state index in [4.69, 9.17) is 10.5 Å². The number of imide groups is 2. The molecule has 4 aliphatic rings. The Kier molecular flexibility index (Phi) is 13.7. The van der Waals surface area contributed by atoms with Crippen LogP contribution in [0.25, 0.3) is 0 Å². The molecular formula is C49H58FN11O6. The van der Waals surface area contributed by atoms with Gasteiger partial charge >= 0.3 is 0 Å². The largest absolute Gasteiger partial charge is 0.496 e. The van der Waals surface area contributed by atoms with Crippen LogP contribution in [-0.4, -0.2) is 119 Å². The average Bonchev–Trinajstić information content (AvgIpc) is 3.54. The van der Waals surface area contributed by atoms with Gasteiger partial charge in [0.05, 0.1) is 35.1 Å². The van der Waals surface area contributed by atoms with Gasteiger partial charge in [0, 0.05) is 75.1 Å². The lowest BCUT2D eigenvalue weighted by Crippen LogP contribution is -2.59. The average molecular weight is 916 g/mol. The number of hydrogen-bond acceptors (Lipinski definition) is 14. The lowest BCUT2D eigenvalue weighted by Gasteiger charge is -2.47. The summed E-state index contributed by atoms with van der Waals surface area (Å²) in [5.74, 6) is -2.12. The first-order valence-electron chi connectivity index (χ1n) is 22.9. The zero-order valence-electron chi connectivity index (χ0n) is 38.3. The fourth-order valence-corrected chi connectivity index (χ4v) is 9.67. The predicted molar refractivity (Wildman–Crippen MR) is 251 cm³/mol. The van der Waals surface area contributed by atoms with Gasteiger partial charge in [0.1, 0.15) is 35.6 Å². The zero-order valence-corrected chi connectivity index (χ0v) is 38.3. The Morgan fingerprint density at radius 2 is 1.72 bits per heavy atom. The number of benzene rings is 3. The van der Waals surface area contributed by atoms with E-state index in [2.05, 4.69) is 61.8 Å². The van der Waals surface area contributed by atoms with Gasteiger partial charge in [-0.05, 0) is 73.1 Å². The Bertz CT molecular complexity index is 2570. The number of nitrogens with one attached hydrogen (secondary N) is 5. The topological polar surface area (TPSA) is 228 Å². The van der Waals surface area contributed by atoms with Gasteiger partial charge in [-0.1, -0.05) is 51.5 Å². The highest BCUT2D eigenvalue weighted by Crippen LogP contribution is 2.35. The summed E-state index contributed by atoms with van der Waals surface area (Å²) >= 11 is 0. The summed E-state index contributed by atoms with van der Waals surface area (Å²) in [5.41, 5.74) is 9.75. The third kappa shape index (κ3) is 9.86. The molecule has 0 bridgehead atoms. The maximum Gasteiger partial charge on any atom is 0.262 e. The summed E-state index contributed by atoms with van der Waals surface area (Å²) in [6.07, 6.45) is 5.54. The zero-order chi connectivity index (χ0) is 47.6. The van der Waals surface area contributed by atoms with Crippen LogP contribution in [0.15, 0.2) is 67.0 Å². The highest BCUT2D eigenvalue weighted by atomic mass is 19.1. The highest BCUT2D eigenvalue weighted by molar-refractivity contribution is 6.24. The lowest BCUT2D eigenvalue weighted by molar-refractivity contribution is -0.136. The summed E-state index contributed by atoms with van der Waals surface area (Å²) in [5, 5.41) is 21.8. The van der Waals surface area contributed by atoms with Crippen molar-refractivity contribution in [1.82, 2.24) is 35.7 Å². The fraction of sp³-hybridized carbons (Fsp3) is 0.429. The van der Waals surface area contributed by atoms with Gasteiger partial charge in [-0.15, -0.1) is 0 Å². The van der Waals surface area contributed by atoms with E-state index in [0.717, 1.165) is 74.1 Å². The highest BCUT2D eigenvalue weighted by Gasteiger charge is 2.45. The Balaban J connectivity index is 0.847. The first kappa shape index (κ1) is 46.7. The molecule has 1 aliphatic carbocycles. The first-order valence-corrected chi connectivity index (χ1v) is 22.9. The number of ether oxygens (including phenoxy) is 1. The molecule has 3 aliphatic heterocycles. The van der Waals surface area contributed by atoms with E-state index >= 15 is 0 Å². The van der Waals surface area contributed by atoms with Crippen molar-refractivity contribution in [3.8, 4) is 5.75 Å². The number of nitrogens with two attached hydrogens (primary N) is 1. The van der Waals surface area contributed by atoms with Crippen LogP contribution in [0, 0.1) is 16.6 Å². The number of methoxy groups -OCH3 is 1. The summed E-state index contributed by atoms with van der Waals surface area (Å²) in [7, 11) is 1.42. The number of piperidine rings is 1. The number of anilines is 3. The van der Waals surface area contributed by atoms with E-state index in [1.165, 1.54) is 25.6 Å². The van der Waals surface area contributed by atoms with Crippen molar-refractivity contribution in [3.63, 3.8) is 0 Å². The maximum atomic E-state index is 13.9. The van der Waals surface area contributed by atoms with Crippen molar-refractivity contribution in [3.05, 3.63) is 106 Å². The summed E-state index contributed by atoms with van der Waals surface area (Å²) in [4.78, 5) is 78.3. The molecule has 8 rings (SSSR count). The molecule has 17 nitrogen and oxygen atoms in total. The molecule has 2 unspecified atom stereocenters. The number of carbonyl (C=O) groups excluding carboxylic acids is 5. The van der Waals surface area contributed by atoms with Crippen molar-refractivity contribution in [2.45, 2.75) is 90.0 Å². The summed E-state index contributed by atoms with van der Waals surface area (Å²) in [6.45, 7) is 10.7. The number of halogens is 1. The summed E-state index contributed by atoms with van der Waals surface area (Å²) < 4.78 is 19.1. The Morgan fingerprint density at radius 3 is 2.42 bits per heavy atom. The van der Waals surface area contributed by atoms with Gasteiger partial charge in [0.2, 0.25) is 11.8 Å². The number of nitrogen functional groups attached to an aromatic ring is 1. The van der Waals surface area contributed by atoms with E-state index in [-0.39, 0.29) is 64.8 Å². The molecule has 4 heterocycles. The predicted octanol–water partition coefficient (Wildman–Crippen LogP) is 4.50. The minimum absolute atomic E-state index is 0.0656. The second-order valence-corrected chi connectivity index (χ2v) is 18.4. The number of carbonyl (C=O) groups is 5. The van der Waals surface area contributed by atoms with Crippen molar-refractivity contribution < 1.29 is 33.1 Å². The molecule has 1 saturated carbocycles. The van der Waals surface area contributed by atoms with E-state index in [0.29, 0.717) is 35.6 Å². The monoisotopic (exact) mass is 915 g/mol. The van der Waals surface area contributed by atoms with Gasteiger partial charge in [0.15, 0.2) is 0 Å². The number of rotatable bonds is 17. The minimum atomic E-state index is -0.996. The van der Waals surface area contributed by atoms with Crippen LogP contribution in [0.4, 0.5) is 21.7 Å². The Hall–Kier alpha value is -6.79. The molecule has 1 aromatic heterocycles. The van der Waals surface area contributed by atoms with Crippen LogP contribution in [0.2, 0.25) is 0 Å². The fourth-order valence-electron chi connectivity index (χ4n) is 9.67. The van der Waals surface area contributed by atoms with Crippen molar-refractivity contribution in [2.75, 3.05) is 55.8 Å². The SMILES string of the molecule is CCCC(C)(C)C(CNC1CC(N2CCN(c3ccc4c(c3)C(=O)N(C3CCC(=O)NC3=O)C4=O)CC2)C1)Nc1ncnc(N)c1C(=N)c1ccc(CNC(=O)c2cc(F)ccc2OC)cc1. The number of amides is 5. The molecule has 67 heavy (non-hydrogen) atoms. The molecule has 18 heteroatoms. The molecule has 7 N–H and O–H groups in total.